The first-order valence-electron chi connectivity index (χ1n) is 8.19. The molecule has 7 nitrogen and oxygen atoms in total. The Morgan fingerprint density at radius 1 is 1.32 bits per heavy atom. The van der Waals surface area contributed by atoms with Crippen molar-refractivity contribution in [1.29, 1.82) is 0 Å². The van der Waals surface area contributed by atoms with Crippen molar-refractivity contribution < 1.29 is 9.53 Å². The lowest BCUT2D eigenvalue weighted by Crippen LogP contribution is -2.23. The van der Waals surface area contributed by atoms with E-state index in [-0.39, 0.29) is 11.5 Å². The number of carbonyl (C=O) groups is 1. The number of esters is 1. The Balaban J connectivity index is 2.23. The van der Waals surface area contributed by atoms with Crippen LogP contribution in [-0.2, 0) is 16.1 Å². The van der Waals surface area contributed by atoms with Crippen LogP contribution in [-0.4, -0.2) is 37.5 Å². The predicted molar refractivity (Wildman–Crippen MR) is 97.0 cm³/mol. The van der Waals surface area contributed by atoms with Crippen molar-refractivity contribution in [2.24, 2.45) is 0 Å². The monoisotopic (exact) mass is 360 g/mol. The van der Waals surface area contributed by atoms with Crippen LogP contribution < -0.4 is 5.56 Å². The van der Waals surface area contributed by atoms with Gasteiger partial charge in [-0.2, -0.15) is 0 Å². The second-order valence-electron chi connectivity index (χ2n) is 5.73. The molecular formula is C17H20N4O3S. The van der Waals surface area contributed by atoms with Crippen molar-refractivity contribution in [2.75, 3.05) is 7.11 Å². The number of ether oxygens (including phenoxy) is 1. The highest BCUT2D eigenvalue weighted by atomic mass is 32.2. The van der Waals surface area contributed by atoms with Gasteiger partial charge in [0.1, 0.15) is 5.25 Å². The van der Waals surface area contributed by atoms with Crippen LogP contribution in [0.3, 0.4) is 0 Å². The molecule has 25 heavy (non-hydrogen) atoms. The lowest BCUT2D eigenvalue weighted by atomic mass is 10.2. The van der Waals surface area contributed by atoms with Crippen molar-refractivity contribution in [3.63, 3.8) is 0 Å². The Bertz CT molecular complexity index is 979. The fraction of sp³-hybridized carbons (Fsp3) is 0.412. The number of methoxy groups -OCH3 is 1. The minimum absolute atomic E-state index is 0.0680. The van der Waals surface area contributed by atoms with Gasteiger partial charge in [0.05, 0.1) is 18.0 Å². The summed E-state index contributed by atoms with van der Waals surface area (Å²) < 4.78 is 8.29. The summed E-state index contributed by atoms with van der Waals surface area (Å²) in [6.07, 6.45) is 1.85. The molecule has 0 aliphatic carbocycles. The van der Waals surface area contributed by atoms with Gasteiger partial charge in [0.15, 0.2) is 5.16 Å². The Labute approximate surface area is 149 Å². The van der Waals surface area contributed by atoms with Crippen LogP contribution in [0, 0.1) is 0 Å². The first-order chi connectivity index (χ1) is 12.1. The lowest BCUT2D eigenvalue weighted by Gasteiger charge is -2.12. The first kappa shape index (κ1) is 17.5. The van der Waals surface area contributed by atoms with Gasteiger partial charge in [-0.15, -0.1) is 10.2 Å². The number of nitrogens with zero attached hydrogens (tertiary/aromatic N) is 4. The Hall–Kier alpha value is -2.35. The van der Waals surface area contributed by atoms with Crippen LogP contribution >= 0.6 is 11.8 Å². The maximum atomic E-state index is 12.8. The zero-order chi connectivity index (χ0) is 18.0. The summed E-state index contributed by atoms with van der Waals surface area (Å²) >= 11 is 1.27. The number of aromatic nitrogens is 4. The summed E-state index contributed by atoms with van der Waals surface area (Å²) in [7, 11) is 1.36. The van der Waals surface area contributed by atoms with Crippen molar-refractivity contribution in [3.8, 4) is 0 Å². The molecule has 0 radical (unpaired) electrons. The SMILES string of the molecule is CCCCn1c(=O)c2ccccc2n2c(S[C@@H](C)C(=O)OC)nnc12. The molecule has 2 aromatic heterocycles. The smallest absolute Gasteiger partial charge is 0.318 e. The van der Waals surface area contributed by atoms with Crippen LogP contribution in [0.1, 0.15) is 26.7 Å². The van der Waals surface area contributed by atoms with E-state index in [9.17, 15) is 9.59 Å². The summed E-state index contributed by atoms with van der Waals surface area (Å²) in [6, 6.07) is 7.38. The van der Waals surface area contributed by atoms with Crippen molar-refractivity contribution in [2.45, 2.75) is 43.6 Å². The summed E-state index contributed by atoms with van der Waals surface area (Å²) in [5.41, 5.74) is 0.668. The number of hydrogen-bond donors (Lipinski definition) is 0. The molecule has 2 heterocycles. The van der Waals surface area contributed by atoms with Crippen LogP contribution in [0.15, 0.2) is 34.2 Å². The number of para-hydroxylation sites is 1. The van der Waals surface area contributed by atoms with Gasteiger partial charge in [-0.25, -0.2) is 0 Å². The molecule has 0 unspecified atom stereocenters. The third-order valence-corrected chi connectivity index (χ3v) is 5.05. The average Bonchev–Trinajstić information content (AvgIpc) is 3.04. The lowest BCUT2D eigenvalue weighted by molar-refractivity contribution is -0.139. The number of fused-ring (bicyclic) bond motifs is 3. The van der Waals surface area contributed by atoms with Gasteiger partial charge in [-0.1, -0.05) is 37.2 Å². The van der Waals surface area contributed by atoms with Crippen LogP contribution in [0.5, 0.6) is 0 Å². The molecule has 132 valence electrons. The van der Waals surface area contributed by atoms with Crippen LogP contribution in [0.2, 0.25) is 0 Å². The maximum absolute atomic E-state index is 12.8. The van der Waals surface area contributed by atoms with Gasteiger partial charge >= 0.3 is 5.97 Å². The van der Waals surface area contributed by atoms with E-state index >= 15 is 0 Å². The fourth-order valence-electron chi connectivity index (χ4n) is 2.70. The molecule has 0 N–H and O–H groups in total. The van der Waals surface area contributed by atoms with E-state index in [1.165, 1.54) is 18.9 Å². The Morgan fingerprint density at radius 2 is 2.08 bits per heavy atom. The molecule has 1 aromatic carbocycles. The molecule has 0 fully saturated rings. The predicted octanol–water partition coefficient (Wildman–Crippen LogP) is 2.50. The number of benzene rings is 1. The van der Waals surface area contributed by atoms with Gasteiger partial charge in [0.2, 0.25) is 5.78 Å². The van der Waals surface area contributed by atoms with Crippen molar-refractivity contribution in [1.82, 2.24) is 19.2 Å². The third kappa shape index (κ3) is 3.13. The second-order valence-corrected chi connectivity index (χ2v) is 7.04. The normalized spacial score (nSPS) is 12.6. The number of carbonyl (C=O) groups excluding carboxylic acids is 1. The fourth-order valence-corrected chi connectivity index (χ4v) is 3.58. The number of aryl methyl sites for hydroxylation is 1. The summed E-state index contributed by atoms with van der Waals surface area (Å²) in [5, 5.41) is 9.19. The zero-order valence-electron chi connectivity index (χ0n) is 14.4. The van der Waals surface area contributed by atoms with E-state index in [0.29, 0.717) is 22.9 Å². The number of unbranched alkanes of at least 4 members (excludes halogenated alkanes) is 1. The molecule has 8 heteroatoms. The number of hydrogen-bond acceptors (Lipinski definition) is 6. The topological polar surface area (TPSA) is 78.5 Å². The molecule has 0 aliphatic heterocycles. The van der Waals surface area contributed by atoms with Gasteiger partial charge in [-0.3, -0.25) is 18.6 Å². The average molecular weight is 360 g/mol. The van der Waals surface area contributed by atoms with E-state index in [2.05, 4.69) is 17.1 Å². The van der Waals surface area contributed by atoms with Crippen LogP contribution in [0.4, 0.5) is 0 Å². The highest BCUT2D eigenvalue weighted by Crippen LogP contribution is 2.25. The Morgan fingerprint density at radius 3 is 2.80 bits per heavy atom. The van der Waals surface area contributed by atoms with E-state index in [4.69, 9.17) is 4.74 Å². The minimum Gasteiger partial charge on any atom is -0.468 e. The third-order valence-electron chi connectivity index (χ3n) is 4.03. The molecule has 0 amide bonds. The van der Waals surface area contributed by atoms with Crippen molar-refractivity contribution in [3.05, 3.63) is 34.6 Å². The molecule has 0 saturated carbocycles. The molecule has 0 saturated heterocycles. The zero-order valence-corrected chi connectivity index (χ0v) is 15.2. The van der Waals surface area contributed by atoms with Gasteiger partial charge in [0.25, 0.3) is 5.56 Å². The van der Waals surface area contributed by atoms with Gasteiger partial charge < -0.3 is 4.74 Å². The van der Waals surface area contributed by atoms with Gasteiger partial charge in [0, 0.05) is 6.54 Å². The summed E-state index contributed by atoms with van der Waals surface area (Å²) in [5.74, 6) is 0.169. The van der Waals surface area contributed by atoms with E-state index in [0.717, 1.165) is 18.4 Å². The Kier molecular flexibility index (Phi) is 5.08. The van der Waals surface area contributed by atoms with Crippen molar-refractivity contribution >= 4 is 34.4 Å². The highest BCUT2D eigenvalue weighted by Gasteiger charge is 2.21. The highest BCUT2D eigenvalue weighted by molar-refractivity contribution is 8.00. The molecule has 0 spiro atoms. The molecule has 0 bridgehead atoms. The quantitative estimate of drug-likeness (QED) is 0.496. The molecular weight excluding hydrogens is 340 g/mol. The van der Waals surface area contributed by atoms with E-state index in [1.54, 1.807) is 17.6 Å². The molecule has 0 aliphatic rings. The maximum Gasteiger partial charge on any atom is 0.318 e. The largest absolute Gasteiger partial charge is 0.468 e. The summed E-state index contributed by atoms with van der Waals surface area (Å²) in [4.78, 5) is 24.6. The van der Waals surface area contributed by atoms with E-state index in [1.807, 2.05) is 22.6 Å². The molecule has 3 rings (SSSR count). The van der Waals surface area contributed by atoms with E-state index < -0.39 is 5.25 Å². The molecule has 1 atom stereocenters. The first-order valence-corrected chi connectivity index (χ1v) is 9.07. The molecule has 3 aromatic rings. The number of rotatable bonds is 6. The number of thioether (sulfide) groups is 1. The summed E-state index contributed by atoms with van der Waals surface area (Å²) in [6.45, 7) is 4.41. The second kappa shape index (κ2) is 7.26. The minimum atomic E-state index is -0.424. The van der Waals surface area contributed by atoms with Gasteiger partial charge in [-0.05, 0) is 25.5 Å². The van der Waals surface area contributed by atoms with Crippen LogP contribution in [0.25, 0.3) is 16.7 Å². The standard InChI is InChI=1S/C17H20N4O3S/c1-4-5-10-20-14(22)12-8-6-7-9-13(12)21-16(20)18-19-17(21)25-11(2)15(23)24-3/h6-9,11H,4-5,10H2,1-3H3/t11-/m0/s1.